The van der Waals surface area contributed by atoms with E-state index in [4.69, 9.17) is 26.8 Å². The molecule has 0 saturated heterocycles. The highest BCUT2D eigenvalue weighted by Gasteiger charge is 2.14. The topological polar surface area (TPSA) is 176 Å². The Balaban J connectivity index is 0. The van der Waals surface area contributed by atoms with Crippen LogP contribution in [0.4, 0.5) is 0 Å². The third kappa shape index (κ3) is 14.9. The maximum atomic E-state index is 10.2. The van der Waals surface area contributed by atoms with E-state index in [0.717, 1.165) is 12.8 Å². The third-order valence-electron chi connectivity index (χ3n) is 2.27. The summed E-state index contributed by atoms with van der Waals surface area (Å²) in [4.78, 5) is 30.3. The summed E-state index contributed by atoms with van der Waals surface area (Å²) in [6.07, 6.45) is 2.16. The molecule has 0 aliphatic heterocycles. The Bertz CT molecular complexity index is 329. The Morgan fingerprint density at radius 2 is 1.67 bits per heavy atom. The molecule has 0 aliphatic rings. The van der Waals surface area contributed by atoms with Gasteiger partial charge < -0.3 is 26.8 Å². The second-order valence-corrected chi connectivity index (χ2v) is 4.44. The van der Waals surface area contributed by atoms with E-state index in [2.05, 4.69) is 17.9 Å². The zero-order valence-electron chi connectivity index (χ0n) is 11.6. The number of rotatable bonds is 10. The lowest BCUT2D eigenvalue weighted by Gasteiger charge is -2.08. The highest BCUT2D eigenvalue weighted by molar-refractivity contribution is 7.80. The molecule has 8 N–H and O–H groups in total. The number of carboxylic acids is 3. The summed E-state index contributed by atoms with van der Waals surface area (Å²) < 4.78 is 0. The van der Waals surface area contributed by atoms with Crippen molar-refractivity contribution in [3.63, 3.8) is 0 Å². The van der Waals surface area contributed by atoms with Crippen molar-refractivity contribution in [2.24, 2.45) is 11.5 Å². The molecular weight excluding hydrogens is 302 g/mol. The summed E-state index contributed by atoms with van der Waals surface area (Å²) in [5, 5.41) is 27.2. The molecule has 0 aromatic carbocycles. The van der Waals surface area contributed by atoms with Gasteiger partial charge in [-0.15, -0.1) is 0 Å². The van der Waals surface area contributed by atoms with Crippen LogP contribution in [0.2, 0.25) is 0 Å². The fourth-order valence-electron chi connectivity index (χ4n) is 1.07. The zero-order chi connectivity index (χ0) is 16.8. The quantitative estimate of drug-likeness (QED) is 0.187. The molecule has 0 heterocycles. The van der Waals surface area contributed by atoms with E-state index in [1.165, 1.54) is 0 Å². The molecule has 124 valence electrons. The van der Waals surface area contributed by atoms with Crippen LogP contribution in [0.5, 0.6) is 0 Å². The minimum atomic E-state index is -1.10. The number of carbonyl (C=O) groups is 3. The molecule has 0 saturated carbocycles. The molecule has 9 nitrogen and oxygen atoms in total. The highest BCUT2D eigenvalue weighted by atomic mass is 32.1. The van der Waals surface area contributed by atoms with Gasteiger partial charge in [0, 0.05) is 5.75 Å². The van der Waals surface area contributed by atoms with Crippen molar-refractivity contribution >= 4 is 30.5 Å². The van der Waals surface area contributed by atoms with Crippen LogP contribution in [0.15, 0.2) is 0 Å². The molecule has 2 atom stereocenters. The van der Waals surface area contributed by atoms with Crippen molar-refractivity contribution in [1.82, 2.24) is 5.32 Å². The number of nitrogens with two attached hydrogens (primary N) is 2. The van der Waals surface area contributed by atoms with Gasteiger partial charge in [0.05, 0.1) is 6.54 Å². The van der Waals surface area contributed by atoms with Crippen LogP contribution in [0, 0.1) is 0 Å². The molecule has 0 rings (SSSR count). The number of unbranched alkanes of at least 4 members (excludes halogenated alkanes) is 1. The zero-order valence-corrected chi connectivity index (χ0v) is 12.5. The first-order chi connectivity index (χ1) is 9.76. The Morgan fingerprint density at radius 3 is 2.00 bits per heavy atom. The number of hydrogen-bond donors (Lipinski definition) is 7. The second-order valence-electron chi connectivity index (χ2n) is 4.08. The standard InChI is InChI=1S/C6H14N2O2.C5H9NO4S/c7-4-2-1-3-5(8)6(9)10;7-4(8)1-6-3(2-11)5(9)10/h5H,1-4,7-8H2,(H,9,10);3,6,11H,1-2H2,(H,7,8)(H,9,10). The maximum Gasteiger partial charge on any atom is 0.321 e. The van der Waals surface area contributed by atoms with Gasteiger partial charge in [0.1, 0.15) is 12.1 Å². The molecule has 21 heavy (non-hydrogen) atoms. The van der Waals surface area contributed by atoms with Gasteiger partial charge >= 0.3 is 17.9 Å². The Hall–Kier alpha value is -1.36. The molecule has 0 bridgehead atoms. The number of thiol groups is 1. The molecule has 0 aromatic rings. The molecule has 10 heteroatoms. The lowest BCUT2D eigenvalue weighted by atomic mass is 10.1. The van der Waals surface area contributed by atoms with Gasteiger partial charge in [-0.3, -0.25) is 19.7 Å². The van der Waals surface area contributed by atoms with Crippen molar-refractivity contribution in [2.45, 2.75) is 31.3 Å². The van der Waals surface area contributed by atoms with Crippen LogP contribution in [0.3, 0.4) is 0 Å². The van der Waals surface area contributed by atoms with E-state index >= 15 is 0 Å². The van der Waals surface area contributed by atoms with E-state index in [1.807, 2.05) is 0 Å². The van der Waals surface area contributed by atoms with Gasteiger partial charge in [0.25, 0.3) is 0 Å². The molecule has 0 fully saturated rings. The second kappa shape index (κ2) is 13.6. The molecule has 0 spiro atoms. The summed E-state index contributed by atoms with van der Waals surface area (Å²) in [7, 11) is 0. The SMILES string of the molecule is NCCCCC(N)C(=O)O.O=C(O)CNC(CS)C(=O)O. The molecule has 0 amide bonds. The normalized spacial score (nSPS) is 12.7. The summed E-state index contributed by atoms with van der Waals surface area (Å²) in [5.74, 6) is -3.04. The van der Waals surface area contributed by atoms with Crippen LogP contribution in [-0.4, -0.2) is 64.2 Å². The fourth-order valence-corrected chi connectivity index (χ4v) is 1.36. The fraction of sp³-hybridized carbons (Fsp3) is 0.727. The van der Waals surface area contributed by atoms with Gasteiger partial charge in [0.2, 0.25) is 0 Å². The molecule has 0 aromatic heterocycles. The number of carboxylic acid groups (broad SMARTS) is 3. The molecule has 2 unspecified atom stereocenters. The van der Waals surface area contributed by atoms with Crippen molar-refractivity contribution in [2.75, 3.05) is 18.8 Å². The lowest BCUT2D eigenvalue weighted by molar-refractivity contribution is -0.140. The highest BCUT2D eigenvalue weighted by Crippen LogP contribution is 1.96. The Labute approximate surface area is 128 Å². The smallest absolute Gasteiger partial charge is 0.321 e. The van der Waals surface area contributed by atoms with E-state index in [9.17, 15) is 14.4 Å². The number of hydrogen-bond acceptors (Lipinski definition) is 7. The average molecular weight is 325 g/mol. The van der Waals surface area contributed by atoms with Crippen molar-refractivity contribution < 1.29 is 29.7 Å². The summed E-state index contributed by atoms with van der Waals surface area (Å²) in [6, 6.07) is -1.61. The first kappa shape index (κ1) is 21.9. The molecular formula is C11H23N3O6S. The van der Waals surface area contributed by atoms with Crippen molar-refractivity contribution in [3.05, 3.63) is 0 Å². The largest absolute Gasteiger partial charge is 0.480 e. The lowest BCUT2D eigenvalue weighted by Crippen LogP contribution is -2.40. The number of aliphatic carboxylic acids is 3. The van der Waals surface area contributed by atoms with Gasteiger partial charge in [-0.1, -0.05) is 6.42 Å². The van der Waals surface area contributed by atoms with E-state index < -0.39 is 30.0 Å². The molecule has 0 aliphatic carbocycles. The van der Waals surface area contributed by atoms with Crippen LogP contribution >= 0.6 is 12.6 Å². The predicted octanol–water partition coefficient (Wildman–Crippen LogP) is -1.43. The van der Waals surface area contributed by atoms with Gasteiger partial charge in [0.15, 0.2) is 0 Å². The van der Waals surface area contributed by atoms with Crippen molar-refractivity contribution in [3.8, 4) is 0 Å². The Morgan fingerprint density at radius 1 is 1.10 bits per heavy atom. The maximum absolute atomic E-state index is 10.2. The van der Waals surface area contributed by atoms with E-state index in [0.29, 0.717) is 13.0 Å². The van der Waals surface area contributed by atoms with Crippen LogP contribution in [0.1, 0.15) is 19.3 Å². The van der Waals surface area contributed by atoms with Crippen molar-refractivity contribution in [1.29, 1.82) is 0 Å². The summed E-state index contributed by atoms with van der Waals surface area (Å²) in [6.45, 7) is 0.240. The van der Waals surface area contributed by atoms with E-state index in [1.54, 1.807) is 0 Å². The first-order valence-corrected chi connectivity index (χ1v) is 6.86. The minimum Gasteiger partial charge on any atom is -0.480 e. The first-order valence-electron chi connectivity index (χ1n) is 6.23. The summed E-state index contributed by atoms with van der Waals surface area (Å²) >= 11 is 3.72. The minimum absolute atomic E-state index is 0.0720. The van der Waals surface area contributed by atoms with Gasteiger partial charge in [-0.2, -0.15) is 12.6 Å². The van der Waals surface area contributed by atoms with Gasteiger partial charge in [-0.25, -0.2) is 0 Å². The van der Waals surface area contributed by atoms with Crippen LogP contribution < -0.4 is 16.8 Å². The van der Waals surface area contributed by atoms with E-state index in [-0.39, 0.29) is 12.3 Å². The monoisotopic (exact) mass is 325 g/mol. The summed E-state index contributed by atoms with van der Waals surface area (Å²) in [5.41, 5.74) is 10.4. The predicted molar refractivity (Wildman–Crippen MR) is 79.4 cm³/mol. The average Bonchev–Trinajstić information content (AvgIpc) is 2.39. The molecule has 0 radical (unpaired) electrons. The van der Waals surface area contributed by atoms with Crippen LogP contribution in [0.25, 0.3) is 0 Å². The van der Waals surface area contributed by atoms with Gasteiger partial charge in [-0.05, 0) is 19.4 Å². The Kier molecular flexibility index (Phi) is 14.2. The number of nitrogens with one attached hydrogen (secondary N) is 1. The van der Waals surface area contributed by atoms with Crippen LogP contribution in [-0.2, 0) is 14.4 Å². The third-order valence-corrected chi connectivity index (χ3v) is 2.63.